The average Bonchev–Trinajstić information content (AvgIpc) is 3.49. The number of benzene rings is 1. The Kier molecular flexibility index (Phi) is 5.46. The number of thiophene rings is 2. The monoisotopic (exact) mass is 448 g/mol. The first kappa shape index (κ1) is 20.2. The van der Waals surface area contributed by atoms with Crippen LogP contribution in [-0.4, -0.2) is 47.0 Å². The first-order valence-electron chi connectivity index (χ1n) is 10.5. The van der Waals surface area contributed by atoms with Crippen LogP contribution in [-0.2, 0) is 4.79 Å². The van der Waals surface area contributed by atoms with Crippen LogP contribution in [0.15, 0.2) is 52.5 Å². The van der Waals surface area contributed by atoms with Crippen molar-refractivity contribution in [2.75, 3.05) is 25.0 Å². The molecule has 1 fully saturated rings. The summed E-state index contributed by atoms with van der Waals surface area (Å²) in [4.78, 5) is 27.1. The van der Waals surface area contributed by atoms with Crippen molar-refractivity contribution in [2.24, 2.45) is 0 Å². The SMILES string of the molecule is CC(=O)N(C)C1CCN(c2nc(-c3ccsc3)nc3scc(-c4ccccc4)c23)CC1. The Bertz CT molecular complexity index is 1200. The molecule has 0 atom stereocenters. The molecule has 1 aliphatic rings. The molecule has 31 heavy (non-hydrogen) atoms. The minimum atomic E-state index is 0.131. The smallest absolute Gasteiger partial charge is 0.219 e. The molecule has 5 nitrogen and oxygen atoms in total. The van der Waals surface area contributed by atoms with Gasteiger partial charge in [-0.25, -0.2) is 9.97 Å². The highest BCUT2D eigenvalue weighted by molar-refractivity contribution is 7.17. The number of piperidine rings is 1. The van der Waals surface area contributed by atoms with Gasteiger partial charge in [-0.15, -0.1) is 11.3 Å². The van der Waals surface area contributed by atoms with Gasteiger partial charge in [0.15, 0.2) is 5.82 Å². The number of nitrogens with zero attached hydrogens (tertiary/aromatic N) is 4. The Balaban J connectivity index is 1.58. The fourth-order valence-electron chi connectivity index (χ4n) is 4.23. The van der Waals surface area contributed by atoms with Crippen molar-refractivity contribution >= 4 is 44.6 Å². The number of carbonyl (C=O) groups excluding carboxylic acids is 1. The van der Waals surface area contributed by atoms with E-state index in [1.165, 1.54) is 11.1 Å². The quantitative estimate of drug-likeness (QED) is 0.412. The second-order valence-corrected chi connectivity index (χ2v) is 9.56. The van der Waals surface area contributed by atoms with Gasteiger partial charge in [0.25, 0.3) is 0 Å². The van der Waals surface area contributed by atoms with E-state index in [9.17, 15) is 4.79 Å². The molecular weight excluding hydrogens is 424 g/mol. The van der Waals surface area contributed by atoms with Crippen LogP contribution in [0.1, 0.15) is 19.8 Å². The minimum Gasteiger partial charge on any atom is -0.356 e. The van der Waals surface area contributed by atoms with Gasteiger partial charge in [-0.2, -0.15) is 11.3 Å². The van der Waals surface area contributed by atoms with Crippen LogP contribution in [0.2, 0.25) is 0 Å². The Labute approximate surface area is 190 Å². The number of hydrogen-bond donors (Lipinski definition) is 0. The Morgan fingerprint density at radius 1 is 1.06 bits per heavy atom. The zero-order chi connectivity index (χ0) is 21.4. The lowest BCUT2D eigenvalue weighted by molar-refractivity contribution is -0.129. The molecule has 158 valence electrons. The molecule has 0 bridgehead atoms. The maximum Gasteiger partial charge on any atom is 0.219 e. The van der Waals surface area contributed by atoms with Crippen molar-refractivity contribution in [3.05, 3.63) is 52.5 Å². The number of rotatable bonds is 4. The second kappa shape index (κ2) is 8.40. The summed E-state index contributed by atoms with van der Waals surface area (Å²) in [6.07, 6.45) is 1.89. The molecule has 1 amide bonds. The maximum absolute atomic E-state index is 11.8. The lowest BCUT2D eigenvalue weighted by Gasteiger charge is -2.37. The van der Waals surface area contributed by atoms with Crippen molar-refractivity contribution in [2.45, 2.75) is 25.8 Å². The fourth-order valence-corrected chi connectivity index (χ4v) is 5.80. The molecular formula is C24H24N4OS2. The Morgan fingerprint density at radius 3 is 2.52 bits per heavy atom. The molecule has 3 aromatic heterocycles. The summed E-state index contributed by atoms with van der Waals surface area (Å²) in [6, 6.07) is 12.8. The molecule has 0 saturated carbocycles. The van der Waals surface area contributed by atoms with Gasteiger partial charge in [-0.3, -0.25) is 4.79 Å². The van der Waals surface area contributed by atoms with E-state index in [0.717, 1.165) is 53.4 Å². The molecule has 0 aliphatic carbocycles. The highest BCUT2D eigenvalue weighted by atomic mass is 32.1. The second-order valence-electron chi connectivity index (χ2n) is 7.93. The third kappa shape index (κ3) is 3.83. The largest absolute Gasteiger partial charge is 0.356 e. The lowest BCUT2D eigenvalue weighted by Crippen LogP contribution is -2.45. The van der Waals surface area contributed by atoms with Gasteiger partial charge < -0.3 is 9.80 Å². The summed E-state index contributed by atoms with van der Waals surface area (Å²) in [5.74, 6) is 1.93. The van der Waals surface area contributed by atoms with Crippen LogP contribution in [0.5, 0.6) is 0 Å². The van der Waals surface area contributed by atoms with Gasteiger partial charge in [-0.1, -0.05) is 30.3 Å². The molecule has 7 heteroatoms. The first-order chi connectivity index (χ1) is 15.1. The van der Waals surface area contributed by atoms with Crippen molar-refractivity contribution < 1.29 is 4.79 Å². The van der Waals surface area contributed by atoms with Gasteiger partial charge in [0.2, 0.25) is 5.91 Å². The Hall–Kier alpha value is -2.77. The predicted molar refractivity (Wildman–Crippen MR) is 130 cm³/mol. The zero-order valence-corrected chi connectivity index (χ0v) is 19.2. The fraction of sp³-hybridized carbons (Fsp3) is 0.292. The zero-order valence-electron chi connectivity index (χ0n) is 17.6. The van der Waals surface area contributed by atoms with Gasteiger partial charge >= 0.3 is 0 Å². The van der Waals surface area contributed by atoms with E-state index >= 15 is 0 Å². The molecule has 0 N–H and O–H groups in total. The van der Waals surface area contributed by atoms with Crippen LogP contribution in [0.25, 0.3) is 32.7 Å². The summed E-state index contributed by atoms with van der Waals surface area (Å²) in [5, 5.41) is 7.50. The third-order valence-corrected chi connectivity index (χ3v) is 7.64. The molecule has 5 rings (SSSR count). The molecule has 0 unspecified atom stereocenters. The van der Waals surface area contributed by atoms with Gasteiger partial charge in [0.1, 0.15) is 10.6 Å². The molecule has 4 heterocycles. The van der Waals surface area contributed by atoms with E-state index in [0.29, 0.717) is 6.04 Å². The summed E-state index contributed by atoms with van der Waals surface area (Å²) in [7, 11) is 1.91. The molecule has 1 saturated heterocycles. The summed E-state index contributed by atoms with van der Waals surface area (Å²) in [5.41, 5.74) is 3.44. The standard InChI is InChI=1S/C24H24N4OS2/c1-16(29)27(2)19-8-11-28(12-9-19)23-21-20(17-6-4-3-5-7-17)15-31-24(21)26-22(25-23)18-10-13-30-14-18/h3-7,10,13-15,19H,8-9,11-12H2,1-2H3. The van der Waals surface area contributed by atoms with E-state index in [1.54, 1.807) is 29.6 Å². The van der Waals surface area contributed by atoms with Crippen molar-refractivity contribution in [1.29, 1.82) is 0 Å². The molecule has 1 aromatic carbocycles. The molecule has 4 aromatic rings. The number of carbonyl (C=O) groups is 1. The van der Waals surface area contributed by atoms with Crippen LogP contribution in [0.3, 0.4) is 0 Å². The first-order valence-corrected chi connectivity index (χ1v) is 12.3. The Morgan fingerprint density at radius 2 is 1.84 bits per heavy atom. The van der Waals surface area contributed by atoms with Crippen molar-refractivity contribution in [3.8, 4) is 22.5 Å². The summed E-state index contributed by atoms with van der Waals surface area (Å²) < 4.78 is 0. The highest BCUT2D eigenvalue weighted by Gasteiger charge is 2.27. The van der Waals surface area contributed by atoms with E-state index in [1.807, 2.05) is 18.0 Å². The van der Waals surface area contributed by atoms with Crippen molar-refractivity contribution in [3.63, 3.8) is 0 Å². The van der Waals surface area contributed by atoms with Gasteiger partial charge in [-0.05, 0) is 29.9 Å². The van der Waals surface area contributed by atoms with Gasteiger partial charge in [0.05, 0.1) is 5.39 Å². The number of aromatic nitrogens is 2. The maximum atomic E-state index is 11.8. The summed E-state index contributed by atoms with van der Waals surface area (Å²) >= 11 is 3.34. The number of anilines is 1. The molecule has 1 aliphatic heterocycles. The summed E-state index contributed by atoms with van der Waals surface area (Å²) in [6.45, 7) is 3.40. The van der Waals surface area contributed by atoms with Crippen LogP contribution in [0.4, 0.5) is 5.82 Å². The molecule has 0 spiro atoms. The van der Waals surface area contributed by atoms with Gasteiger partial charge in [0, 0.05) is 55.0 Å². The predicted octanol–water partition coefficient (Wildman–Crippen LogP) is 5.53. The van der Waals surface area contributed by atoms with Crippen LogP contribution in [0, 0.1) is 0 Å². The number of fused-ring (bicyclic) bond motifs is 1. The molecule has 0 radical (unpaired) electrons. The number of hydrogen-bond acceptors (Lipinski definition) is 6. The highest BCUT2D eigenvalue weighted by Crippen LogP contribution is 2.40. The normalized spacial score (nSPS) is 14.8. The van der Waals surface area contributed by atoms with E-state index in [4.69, 9.17) is 9.97 Å². The third-order valence-electron chi connectivity index (χ3n) is 6.09. The van der Waals surface area contributed by atoms with E-state index < -0.39 is 0 Å². The van der Waals surface area contributed by atoms with Crippen molar-refractivity contribution in [1.82, 2.24) is 14.9 Å². The average molecular weight is 449 g/mol. The minimum absolute atomic E-state index is 0.131. The van der Waals surface area contributed by atoms with Crippen LogP contribution >= 0.6 is 22.7 Å². The number of amides is 1. The van der Waals surface area contributed by atoms with Crippen LogP contribution < -0.4 is 4.90 Å². The van der Waals surface area contributed by atoms with E-state index in [2.05, 4.69) is 51.4 Å². The topological polar surface area (TPSA) is 49.3 Å². The van der Waals surface area contributed by atoms with E-state index in [-0.39, 0.29) is 5.91 Å². The lowest BCUT2D eigenvalue weighted by atomic mass is 10.0.